The van der Waals surface area contributed by atoms with Gasteiger partial charge in [0.25, 0.3) is 11.8 Å². The third kappa shape index (κ3) is 4.88. The summed E-state index contributed by atoms with van der Waals surface area (Å²) < 4.78 is 7.23. The first kappa shape index (κ1) is 26.5. The molecule has 0 saturated heterocycles. The van der Waals surface area contributed by atoms with Gasteiger partial charge >= 0.3 is 5.97 Å². The number of carbonyl (C=O) groups is 2. The van der Waals surface area contributed by atoms with Crippen LogP contribution in [-0.2, 0) is 10.6 Å². The number of pyridine rings is 2. The topological polar surface area (TPSA) is 147 Å². The number of fused-ring (bicyclic) bond motifs is 3. The maximum absolute atomic E-state index is 13.7. The first-order valence-electron chi connectivity index (χ1n) is 13.9. The van der Waals surface area contributed by atoms with E-state index in [2.05, 4.69) is 40.9 Å². The zero-order chi connectivity index (χ0) is 30.4. The number of ether oxygens (including phenoxy) is 1. The highest BCUT2D eigenvalue weighted by Crippen LogP contribution is 2.41. The van der Waals surface area contributed by atoms with Crippen molar-refractivity contribution in [3.63, 3.8) is 0 Å². The van der Waals surface area contributed by atoms with Crippen LogP contribution in [0.3, 0.4) is 0 Å². The lowest BCUT2D eigenvalue weighted by atomic mass is 10.1. The van der Waals surface area contributed by atoms with Gasteiger partial charge in [-0.15, -0.1) is 11.3 Å². The van der Waals surface area contributed by atoms with Gasteiger partial charge in [-0.05, 0) is 78.9 Å². The molecule has 8 rings (SSSR count). The highest BCUT2D eigenvalue weighted by Gasteiger charge is 2.43. The fraction of sp³-hybridized carbons (Fsp3) is 0.0303. The molecule has 11 nitrogen and oxygen atoms in total. The lowest BCUT2D eigenvalue weighted by molar-refractivity contribution is 0.00684. The predicted octanol–water partition coefficient (Wildman–Crippen LogP) is 6.39. The maximum atomic E-state index is 13.7. The number of nitrogens with one attached hydrogen (secondary N) is 4. The van der Waals surface area contributed by atoms with Crippen LogP contribution >= 0.6 is 11.3 Å². The number of carbonyl (C=O) groups excluding carboxylic acids is 2. The molecule has 1 unspecified atom stereocenters. The minimum absolute atomic E-state index is 0.286. The van der Waals surface area contributed by atoms with Crippen molar-refractivity contribution in [2.75, 3.05) is 16.0 Å². The number of esters is 1. The highest BCUT2D eigenvalue weighted by molar-refractivity contribution is 7.16. The van der Waals surface area contributed by atoms with Gasteiger partial charge in [0, 0.05) is 47.2 Å². The van der Waals surface area contributed by atoms with Crippen molar-refractivity contribution in [3.05, 3.63) is 126 Å². The fourth-order valence-electron chi connectivity index (χ4n) is 5.27. The normalized spacial score (nSPS) is 15.3. The molecule has 12 heteroatoms. The fourth-order valence-corrected chi connectivity index (χ4v) is 5.93. The number of amides is 1. The van der Waals surface area contributed by atoms with E-state index in [1.165, 1.54) is 0 Å². The molecule has 1 aliphatic heterocycles. The number of hydrogen-bond donors (Lipinski definition) is 4. The molecule has 1 atom stereocenters. The van der Waals surface area contributed by atoms with Crippen LogP contribution in [0.2, 0.25) is 0 Å². The lowest BCUT2D eigenvalue weighted by Crippen LogP contribution is -2.43. The molecule has 0 fully saturated rings. The lowest BCUT2D eigenvalue weighted by Gasteiger charge is -2.30. The van der Waals surface area contributed by atoms with Crippen LogP contribution in [0.1, 0.15) is 26.3 Å². The predicted molar refractivity (Wildman–Crippen MR) is 172 cm³/mol. The summed E-state index contributed by atoms with van der Waals surface area (Å²) in [4.78, 5) is 47.3. The Bertz CT molecular complexity index is 2240. The number of imidazole rings is 1. The second-order valence-electron chi connectivity index (χ2n) is 10.4. The number of rotatable bonds is 6. The van der Waals surface area contributed by atoms with Crippen LogP contribution < -0.4 is 16.0 Å². The van der Waals surface area contributed by atoms with Crippen molar-refractivity contribution < 1.29 is 14.3 Å². The summed E-state index contributed by atoms with van der Waals surface area (Å²) >= 11 is 1.54. The Morgan fingerprint density at radius 1 is 0.778 bits per heavy atom. The first-order chi connectivity index (χ1) is 22.0. The van der Waals surface area contributed by atoms with Crippen LogP contribution in [0, 0.1) is 0 Å². The zero-order valence-corrected chi connectivity index (χ0v) is 24.1. The average molecular weight is 611 g/mol. The molecule has 1 aliphatic rings. The number of aromatic amines is 1. The molecule has 1 amide bonds. The van der Waals surface area contributed by atoms with Gasteiger partial charge in [0.15, 0.2) is 0 Å². The molecule has 7 aromatic rings. The minimum atomic E-state index is -1.46. The van der Waals surface area contributed by atoms with Gasteiger partial charge in [-0.25, -0.2) is 14.8 Å². The molecule has 4 N–H and O–H groups in total. The zero-order valence-electron chi connectivity index (χ0n) is 23.3. The van der Waals surface area contributed by atoms with E-state index in [1.54, 1.807) is 90.2 Å². The number of aromatic nitrogens is 5. The Labute approximate surface area is 259 Å². The van der Waals surface area contributed by atoms with Crippen LogP contribution in [0.15, 0.2) is 109 Å². The molecule has 0 bridgehead atoms. The molecular weight excluding hydrogens is 588 g/mol. The van der Waals surface area contributed by atoms with Gasteiger partial charge in [0.1, 0.15) is 5.82 Å². The van der Waals surface area contributed by atoms with E-state index in [4.69, 9.17) is 4.74 Å². The summed E-state index contributed by atoms with van der Waals surface area (Å²) in [7, 11) is 0. The summed E-state index contributed by atoms with van der Waals surface area (Å²) in [6.07, 6.45) is 6.63. The highest BCUT2D eigenvalue weighted by atomic mass is 32.1. The van der Waals surface area contributed by atoms with Crippen LogP contribution in [0.5, 0.6) is 0 Å². The van der Waals surface area contributed by atoms with Crippen molar-refractivity contribution in [2.24, 2.45) is 0 Å². The quantitative estimate of drug-likeness (QED) is 0.157. The smallest absolute Gasteiger partial charge is 0.341 e. The van der Waals surface area contributed by atoms with E-state index in [0.29, 0.717) is 50.6 Å². The van der Waals surface area contributed by atoms with E-state index in [1.807, 2.05) is 30.3 Å². The summed E-state index contributed by atoms with van der Waals surface area (Å²) in [5.41, 5.74) is 8.14. The largest absolute Gasteiger partial charge is 0.412 e. The van der Waals surface area contributed by atoms with Gasteiger partial charge in [0.05, 0.1) is 43.7 Å². The van der Waals surface area contributed by atoms with Crippen molar-refractivity contribution in [2.45, 2.75) is 5.85 Å². The number of H-pyrrole nitrogens is 1. The summed E-state index contributed by atoms with van der Waals surface area (Å²) in [5, 5.41) is 9.56. The van der Waals surface area contributed by atoms with Crippen molar-refractivity contribution >= 4 is 61.5 Å². The van der Waals surface area contributed by atoms with Gasteiger partial charge in [-0.1, -0.05) is 0 Å². The first-order valence-corrected chi connectivity index (χ1v) is 14.8. The Balaban J connectivity index is 1.07. The Morgan fingerprint density at radius 2 is 1.56 bits per heavy atom. The second-order valence-corrected chi connectivity index (χ2v) is 11.2. The standard InChI is InChI=1S/C33H22N8O3S/c42-31(37-23-3-6-29-28(17-23)36-18-45-29)20-1-5-25-27(15-20)41-33(40-25,22-9-13-35-14-10-22)44-32(43)21-2-4-24-26(16-21)39-30(38-24)19-7-11-34-12-8-19/h1-18,40-41H,(H,37,42)(H,38,39). The monoisotopic (exact) mass is 610 g/mol. The minimum Gasteiger partial charge on any atom is -0.412 e. The molecule has 0 saturated carbocycles. The van der Waals surface area contributed by atoms with E-state index in [0.717, 1.165) is 15.8 Å². The summed E-state index contributed by atoms with van der Waals surface area (Å²) in [5.74, 6) is -1.65. The van der Waals surface area contributed by atoms with Crippen molar-refractivity contribution in [1.29, 1.82) is 0 Å². The van der Waals surface area contributed by atoms with E-state index >= 15 is 0 Å². The van der Waals surface area contributed by atoms with Gasteiger partial charge in [-0.3, -0.25) is 14.8 Å². The molecule has 0 radical (unpaired) electrons. The van der Waals surface area contributed by atoms with Crippen LogP contribution in [0.25, 0.3) is 32.6 Å². The summed E-state index contributed by atoms with van der Waals surface area (Å²) in [6, 6.07) is 23.2. The SMILES string of the molecule is O=C(Nc1ccc2scnc2c1)c1ccc2c(c1)NC(OC(=O)c1ccc3nc(-c4ccncc4)[nH]c3c1)(c1ccncc1)N2. The molecule has 3 aromatic carbocycles. The third-order valence-corrected chi connectivity index (χ3v) is 8.31. The molecule has 4 aromatic heterocycles. The molecule has 0 spiro atoms. The Hall–Kier alpha value is -6.14. The Morgan fingerprint density at radius 3 is 2.40 bits per heavy atom. The molecule has 5 heterocycles. The van der Waals surface area contributed by atoms with Gasteiger partial charge < -0.3 is 25.7 Å². The second kappa shape index (κ2) is 10.5. The van der Waals surface area contributed by atoms with E-state index in [9.17, 15) is 9.59 Å². The molecule has 0 aliphatic carbocycles. The van der Waals surface area contributed by atoms with Crippen LogP contribution in [0.4, 0.5) is 17.1 Å². The average Bonchev–Trinajstić information content (AvgIpc) is 3.81. The number of hydrogen-bond acceptors (Lipinski definition) is 10. The van der Waals surface area contributed by atoms with Gasteiger partial charge in [0.2, 0.25) is 0 Å². The molecule has 45 heavy (non-hydrogen) atoms. The molecular formula is C33H22N8O3S. The maximum Gasteiger partial charge on any atom is 0.341 e. The summed E-state index contributed by atoms with van der Waals surface area (Å²) in [6.45, 7) is 0. The number of thiazole rings is 1. The third-order valence-electron chi connectivity index (χ3n) is 7.50. The number of benzene rings is 3. The van der Waals surface area contributed by atoms with Gasteiger partial charge in [-0.2, -0.15) is 0 Å². The van der Waals surface area contributed by atoms with E-state index in [-0.39, 0.29) is 5.91 Å². The van der Waals surface area contributed by atoms with Crippen LogP contribution in [-0.4, -0.2) is 36.8 Å². The van der Waals surface area contributed by atoms with Crippen molar-refractivity contribution in [3.8, 4) is 11.4 Å². The molecule has 218 valence electrons. The Kier molecular flexibility index (Phi) is 6.20. The number of nitrogens with zero attached hydrogens (tertiary/aromatic N) is 4. The number of anilines is 3. The van der Waals surface area contributed by atoms with E-state index < -0.39 is 11.8 Å². The van der Waals surface area contributed by atoms with Crippen molar-refractivity contribution in [1.82, 2.24) is 24.9 Å².